The van der Waals surface area contributed by atoms with Crippen molar-refractivity contribution in [2.45, 2.75) is 6.42 Å². The number of amides is 3. The first-order valence-corrected chi connectivity index (χ1v) is 6.99. The molecule has 0 unspecified atom stereocenters. The van der Waals surface area contributed by atoms with Crippen LogP contribution in [-0.4, -0.2) is 62.1 Å². The zero-order valence-electron chi connectivity index (χ0n) is 12.5. The maximum atomic E-state index is 12.0. The van der Waals surface area contributed by atoms with Crippen LogP contribution in [0.2, 0.25) is 0 Å². The number of carbonyl (C=O) groups is 2. The molecule has 1 aliphatic heterocycles. The fourth-order valence-electron chi connectivity index (χ4n) is 2.01. The molecule has 6 heteroatoms. The number of carbonyl (C=O) groups excluding carboxylic acids is 2. The molecule has 1 saturated heterocycles. The summed E-state index contributed by atoms with van der Waals surface area (Å²) in [7, 11) is 3.47. The van der Waals surface area contributed by atoms with Gasteiger partial charge < -0.3 is 19.9 Å². The number of anilines is 1. The molecular weight excluding hydrogens is 270 g/mol. The molecule has 0 bridgehead atoms. The molecule has 3 amide bonds. The van der Waals surface area contributed by atoms with Crippen molar-refractivity contribution in [3.8, 4) is 0 Å². The summed E-state index contributed by atoms with van der Waals surface area (Å²) in [5.41, 5.74) is 1.66. The fourth-order valence-corrected chi connectivity index (χ4v) is 2.01. The first kappa shape index (κ1) is 15.3. The van der Waals surface area contributed by atoms with Crippen molar-refractivity contribution in [1.29, 1.82) is 0 Å². The summed E-state index contributed by atoms with van der Waals surface area (Å²) in [6.07, 6.45) is 0.366. The van der Waals surface area contributed by atoms with Crippen molar-refractivity contribution in [2.24, 2.45) is 0 Å². The molecule has 21 heavy (non-hydrogen) atoms. The van der Waals surface area contributed by atoms with E-state index in [2.05, 4.69) is 5.32 Å². The molecule has 1 heterocycles. The highest BCUT2D eigenvalue weighted by Crippen LogP contribution is 2.12. The fraction of sp³-hybridized carbons (Fsp3) is 0.467. The van der Waals surface area contributed by atoms with E-state index < -0.39 is 0 Å². The Bertz CT molecular complexity index is 493. The summed E-state index contributed by atoms with van der Waals surface area (Å²) in [4.78, 5) is 26.9. The summed E-state index contributed by atoms with van der Waals surface area (Å²) in [5, 5.41) is 2.85. The van der Waals surface area contributed by atoms with Gasteiger partial charge in [-0.25, -0.2) is 4.79 Å². The van der Waals surface area contributed by atoms with Crippen LogP contribution in [0.15, 0.2) is 24.3 Å². The van der Waals surface area contributed by atoms with E-state index in [1.807, 2.05) is 24.3 Å². The van der Waals surface area contributed by atoms with Gasteiger partial charge in [-0.05, 0) is 17.7 Å². The Hall–Kier alpha value is -2.08. The van der Waals surface area contributed by atoms with Crippen LogP contribution in [0.25, 0.3) is 0 Å². The van der Waals surface area contributed by atoms with Gasteiger partial charge in [-0.3, -0.25) is 4.79 Å². The Balaban J connectivity index is 1.89. The molecule has 1 N–H and O–H groups in total. The molecule has 1 aromatic carbocycles. The van der Waals surface area contributed by atoms with Crippen LogP contribution in [0, 0.1) is 0 Å². The van der Waals surface area contributed by atoms with E-state index in [-0.39, 0.29) is 11.9 Å². The highest BCUT2D eigenvalue weighted by molar-refractivity contribution is 5.89. The summed E-state index contributed by atoms with van der Waals surface area (Å²) >= 11 is 0. The summed E-state index contributed by atoms with van der Waals surface area (Å²) in [6, 6.07) is 7.23. The largest absolute Gasteiger partial charge is 0.378 e. The number of benzene rings is 1. The van der Waals surface area contributed by atoms with Gasteiger partial charge in [0.15, 0.2) is 0 Å². The second kappa shape index (κ2) is 7.08. The molecular formula is C15H21N3O3. The van der Waals surface area contributed by atoms with E-state index in [0.29, 0.717) is 32.7 Å². The number of likely N-dealkylation sites (N-methyl/N-ethyl adjacent to an activating group) is 1. The van der Waals surface area contributed by atoms with E-state index >= 15 is 0 Å². The zero-order valence-corrected chi connectivity index (χ0v) is 12.5. The monoisotopic (exact) mass is 291 g/mol. The van der Waals surface area contributed by atoms with Crippen molar-refractivity contribution in [1.82, 2.24) is 9.80 Å². The number of nitrogens with zero attached hydrogens (tertiary/aromatic N) is 2. The number of morpholine rings is 1. The summed E-state index contributed by atoms with van der Waals surface area (Å²) in [5.74, 6) is 0.0557. The highest BCUT2D eigenvalue weighted by atomic mass is 16.5. The third-order valence-corrected chi connectivity index (χ3v) is 3.36. The van der Waals surface area contributed by atoms with E-state index in [1.165, 1.54) is 0 Å². The predicted octanol–water partition coefficient (Wildman–Crippen LogP) is 1.18. The molecule has 0 spiro atoms. The van der Waals surface area contributed by atoms with Gasteiger partial charge in [0.2, 0.25) is 5.91 Å². The van der Waals surface area contributed by atoms with Crippen LogP contribution in [0.4, 0.5) is 10.5 Å². The van der Waals surface area contributed by atoms with Crippen molar-refractivity contribution in [3.63, 3.8) is 0 Å². The van der Waals surface area contributed by atoms with Gasteiger partial charge in [0, 0.05) is 32.9 Å². The third-order valence-electron chi connectivity index (χ3n) is 3.36. The molecule has 0 aliphatic carbocycles. The van der Waals surface area contributed by atoms with E-state index in [0.717, 1.165) is 11.3 Å². The van der Waals surface area contributed by atoms with Crippen LogP contribution < -0.4 is 5.32 Å². The van der Waals surface area contributed by atoms with Crippen molar-refractivity contribution >= 4 is 17.6 Å². The molecule has 0 atom stereocenters. The summed E-state index contributed by atoms with van der Waals surface area (Å²) in [6.45, 7) is 2.39. The lowest BCUT2D eigenvalue weighted by Crippen LogP contribution is -2.43. The van der Waals surface area contributed by atoms with Crippen molar-refractivity contribution in [2.75, 3.05) is 45.7 Å². The standard InChI is InChI=1S/C15H21N3O3/c1-17(2)14(19)11-12-3-5-13(6-4-12)16-15(20)18-7-9-21-10-8-18/h3-6H,7-11H2,1-2H3,(H,16,20). The minimum absolute atomic E-state index is 0.0557. The SMILES string of the molecule is CN(C)C(=O)Cc1ccc(NC(=O)N2CCOCC2)cc1. The number of ether oxygens (including phenoxy) is 1. The van der Waals surface area contributed by atoms with Crippen molar-refractivity contribution in [3.05, 3.63) is 29.8 Å². The molecule has 114 valence electrons. The molecule has 6 nitrogen and oxygen atoms in total. The Labute approximate surface area is 124 Å². The average Bonchev–Trinajstić information content (AvgIpc) is 2.50. The minimum atomic E-state index is -0.115. The Morgan fingerprint density at radius 3 is 2.38 bits per heavy atom. The Morgan fingerprint density at radius 2 is 1.81 bits per heavy atom. The predicted molar refractivity (Wildman–Crippen MR) is 80.3 cm³/mol. The number of rotatable bonds is 3. The Kier molecular flexibility index (Phi) is 5.16. The van der Waals surface area contributed by atoms with Gasteiger partial charge in [0.05, 0.1) is 19.6 Å². The maximum Gasteiger partial charge on any atom is 0.321 e. The van der Waals surface area contributed by atoms with Crippen LogP contribution >= 0.6 is 0 Å². The molecule has 0 radical (unpaired) electrons. The topological polar surface area (TPSA) is 61.9 Å². The molecule has 1 aromatic rings. The van der Waals surface area contributed by atoms with E-state index in [4.69, 9.17) is 4.74 Å². The second-order valence-corrected chi connectivity index (χ2v) is 5.19. The molecule has 1 fully saturated rings. The molecule has 2 rings (SSSR count). The quantitative estimate of drug-likeness (QED) is 0.909. The van der Waals surface area contributed by atoms with Gasteiger partial charge in [0.25, 0.3) is 0 Å². The smallest absolute Gasteiger partial charge is 0.321 e. The minimum Gasteiger partial charge on any atom is -0.378 e. The first-order chi connectivity index (χ1) is 10.1. The molecule has 0 saturated carbocycles. The van der Waals surface area contributed by atoms with Crippen LogP contribution in [0.5, 0.6) is 0 Å². The number of urea groups is 1. The molecule has 0 aromatic heterocycles. The lowest BCUT2D eigenvalue weighted by Gasteiger charge is -2.26. The lowest BCUT2D eigenvalue weighted by atomic mass is 10.1. The third kappa shape index (κ3) is 4.46. The summed E-state index contributed by atoms with van der Waals surface area (Å²) < 4.78 is 5.21. The van der Waals surface area contributed by atoms with Crippen molar-refractivity contribution < 1.29 is 14.3 Å². The normalized spacial score (nSPS) is 14.7. The van der Waals surface area contributed by atoms with Gasteiger partial charge in [-0.2, -0.15) is 0 Å². The van der Waals surface area contributed by atoms with Gasteiger partial charge in [-0.1, -0.05) is 12.1 Å². The second-order valence-electron chi connectivity index (χ2n) is 5.19. The highest BCUT2D eigenvalue weighted by Gasteiger charge is 2.16. The maximum absolute atomic E-state index is 12.0. The van der Waals surface area contributed by atoms with Crippen LogP contribution in [0.3, 0.4) is 0 Å². The number of hydrogen-bond acceptors (Lipinski definition) is 3. The lowest BCUT2D eigenvalue weighted by molar-refractivity contribution is -0.127. The average molecular weight is 291 g/mol. The van der Waals surface area contributed by atoms with Crippen LogP contribution in [0.1, 0.15) is 5.56 Å². The van der Waals surface area contributed by atoms with Gasteiger partial charge >= 0.3 is 6.03 Å². The first-order valence-electron chi connectivity index (χ1n) is 6.99. The number of hydrogen-bond donors (Lipinski definition) is 1. The zero-order chi connectivity index (χ0) is 15.2. The Morgan fingerprint density at radius 1 is 1.19 bits per heavy atom. The van der Waals surface area contributed by atoms with E-state index in [1.54, 1.807) is 23.9 Å². The van der Waals surface area contributed by atoms with Gasteiger partial charge in [-0.15, -0.1) is 0 Å². The number of nitrogens with one attached hydrogen (secondary N) is 1. The van der Waals surface area contributed by atoms with Gasteiger partial charge in [0.1, 0.15) is 0 Å². The molecule has 1 aliphatic rings. The van der Waals surface area contributed by atoms with E-state index in [9.17, 15) is 9.59 Å². The van der Waals surface area contributed by atoms with Crippen LogP contribution in [-0.2, 0) is 16.0 Å².